The third-order valence-corrected chi connectivity index (χ3v) is 5.55. The van der Waals surface area contributed by atoms with Crippen molar-refractivity contribution in [1.29, 1.82) is 0 Å². The van der Waals surface area contributed by atoms with E-state index in [0.29, 0.717) is 29.9 Å². The van der Waals surface area contributed by atoms with E-state index in [4.69, 9.17) is 0 Å². The van der Waals surface area contributed by atoms with Crippen LogP contribution in [0.1, 0.15) is 40.5 Å². The highest BCUT2D eigenvalue weighted by atomic mass is 16.2. The van der Waals surface area contributed by atoms with Gasteiger partial charge in [-0.05, 0) is 31.5 Å². The van der Waals surface area contributed by atoms with Crippen molar-refractivity contribution in [2.75, 3.05) is 11.9 Å². The van der Waals surface area contributed by atoms with E-state index < -0.39 is 6.04 Å². The van der Waals surface area contributed by atoms with E-state index in [0.717, 1.165) is 10.9 Å². The molecule has 0 bridgehead atoms. The van der Waals surface area contributed by atoms with Gasteiger partial charge in [-0.25, -0.2) is 0 Å². The molecule has 164 valence electrons. The molecule has 0 saturated heterocycles. The van der Waals surface area contributed by atoms with Gasteiger partial charge in [0.2, 0.25) is 11.8 Å². The minimum atomic E-state index is -0.785. The molecule has 0 radical (unpaired) electrons. The first-order valence-electron chi connectivity index (χ1n) is 10.5. The van der Waals surface area contributed by atoms with Crippen LogP contribution < -0.4 is 16.0 Å². The summed E-state index contributed by atoms with van der Waals surface area (Å²) in [6.45, 7) is 2.42. The summed E-state index contributed by atoms with van der Waals surface area (Å²) in [6.07, 6.45) is 2.10. The van der Waals surface area contributed by atoms with Gasteiger partial charge in [-0.3, -0.25) is 19.2 Å². The molecule has 3 amide bonds. The number of aromatic nitrogens is 1. The van der Waals surface area contributed by atoms with Gasteiger partial charge in [-0.1, -0.05) is 30.3 Å². The summed E-state index contributed by atoms with van der Waals surface area (Å²) in [5, 5.41) is 9.16. The van der Waals surface area contributed by atoms with E-state index >= 15 is 0 Å². The largest absolute Gasteiger partial charge is 0.354 e. The normalized spacial score (nSPS) is 15.5. The zero-order valence-corrected chi connectivity index (χ0v) is 17.7. The Labute approximate surface area is 185 Å². The molecule has 3 aromatic rings. The molecule has 0 saturated carbocycles. The molecule has 1 aromatic heterocycles. The fraction of sp³-hybridized carbons (Fsp3) is 0.250. The molecule has 2 heterocycles. The van der Waals surface area contributed by atoms with Crippen molar-refractivity contribution in [3.63, 3.8) is 0 Å². The number of fused-ring (bicyclic) bond motifs is 2. The van der Waals surface area contributed by atoms with Crippen LogP contribution >= 0.6 is 0 Å². The second-order valence-corrected chi connectivity index (χ2v) is 7.76. The van der Waals surface area contributed by atoms with Crippen molar-refractivity contribution in [3.05, 3.63) is 65.9 Å². The SMILES string of the molecule is CC(=O)c1cn(CCNC(=O)CC[C@@H]2NC(=O)c3ccccc3NC2=O)c2ccccc12. The van der Waals surface area contributed by atoms with E-state index in [1.165, 1.54) is 6.92 Å². The third-order valence-electron chi connectivity index (χ3n) is 5.55. The van der Waals surface area contributed by atoms with E-state index in [1.54, 1.807) is 24.3 Å². The first kappa shape index (κ1) is 21.3. The van der Waals surface area contributed by atoms with Crippen molar-refractivity contribution in [3.8, 4) is 0 Å². The first-order valence-corrected chi connectivity index (χ1v) is 10.5. The maximum absolute atomic E-state index is 12.4. The van der Waals surface area contributed by atoms with Gasteiger partial charge in [0.25, 0.3) is 5.91 Å². The smallest absolute Gasteiger partial charge is 0.254 e. The first-order chi connectivity index (χ1) is 15.4. The van der Waals surface area contributed by atoms with Gasteiger partial charge in [0, 0.05) is 42.2 Å². The lowest BCUT2D eigenvalue weighted by Gasteiger charge is -2.14. The van der Waals surface area contributed by atoms with Crippen molar-refractivity contribution in [2.24, 2.45) is 0 Å². The Bertz CT molecular complexity index is 1210. The van der Waals surface area contributed by atoms with Crippen LogP contribution in [0.15, 0.2) is 54.7 Å². The number of nitrogens with one attached hydrogen (secondary N) is 3. The molecule has 0 fully saturated rings. The van der Waals surface area contributed by atoms with Gasteiger partial charge in [-0.2, -0.15) is 0 Å². The number of amides is 3. The molecule has 8 heteroatoms. The molecule has 1 atom stereocenters. The zero-order valence-electron chi connectivity index (χ0n) is 17.7. The van der Waals surface area contributed by atoms with Crippen LogP contribution in [-0.2, 0) is 16.1 Å². The molecule has 2 aromatic carbocycles. The lowest BCUT2D eigenvalue weighted by atomic mass is 10.1. The summed E-state index contributed by atoms with van der Waals surface area (Å²) in [4.78, 5) is 49.0. The summed E-state index contributed by atoms with van der Waals surface area (Å²) in [6, 6.07) is 13.6. The van der Waals surface area contributed by atoms with Crippen LogP contribution in [0.3, 0.4) is 0 Å². The van der Waals surface area contributed by atoms with Crippen LogP contribution in [0.4, 0.5) is 5.69 Å². The maximum atomic E-state index is 12.4. The number of carbonyl (C=O) groups excluding carboxylic acids is 4. The molecule has 32 heavy (non-hydrogen) atoms. The Balaban J connectivity index is 1.31. The molecular formula is C24H24N4O4. The van der Waals surface area contributed by atoms with Crippen molar-refractivity contribution in [2.45, 2.75) is 32.4 Å². The lowest BCUT2D eigenvalue weighted by molar-refractivity contribution is -0.121. The van der Waals surface area contributed by atoms with Crippen LogP contribution in [0, 0.1) is 0 Å². The van der Waals surface area contributed by atoms with Gasteiger partial charge in [0.1, 0.15) is 6.04 Å². The monoisotopic (exact) mass is 432 g/mol. The fourth-order valence-electron chi connectivity index (χ4n) is 3.91. The Morgan fingerprint density at radius 1 is 1.06 bits per heavy atom. The molecule has 1 aliphatic rings. The Morgan fingerprint density at radius 3 is 2.62 bits per heavy atom. The van der Waals surface area contributed by atoms with E-state index in [9.17, 15) is 19.2 Å². The van der Waals surface area contributed by atoms with Gasteiger partial charge in [-0.15, -0.1) is 0 Å². The van der Waals surface area contributed by atoms with E-state index in [1.807, 2.05) is 35.0 Å². The maximum Gasteiger partial charge on any atom is 0.254 e. The lowest BCUT2D eigenvalue weighted by Crippen LogP contribution is -2.42. The number of benzene rings is 2. The third kappa shape index (κ3) is 4.39. The topological polar surface area (TPSA) is 109 Å². The standard InChI is InChI=1S/C24H24N4O4/c1-15(29)18-14-28(21-9-5-3-6-16(18)21)13-12-25-22(30)11-10-20-24(32)26-19-8-4-2-7-17(19)23(31)27-20/h2-9,14,20H,10-13H2,1H3,(H,25,30)(H,26,32)(H,27,31)/t20-/m0/s1. The zero-order chi connectivity index (χ0) is 22.7. The number of hydrogen-bond acceptors (Lipinski definition) is 4. The number of hydrogen-bond donors (Lipinski definition) is 3. The number of rotatable bonds is 7. The summed E-state index contributed by atoms with van der Waals surface area (Å²) in [5.41, 5.74) is 2.45. The van der Waals surface area contributed by atoms with Crippen LogP contribution in [0.5, 0.6) is 0 Å². The minimum Gasteiger partial charge on any atom is -0.354 e. The number of nitrogens with zero attached hydrogens (tertiary/aromatic N) is 1. The highest BCUT2D eigenvalue weighted by molar-refractivity contribution is 6.10. The quantitative estimate of drug-likeness (QED) is 0.498. The second kappa shape index (κ2) is 9.05. The van der Waals surface area contributed by atoms with Crippen LogP contribution in [0.2, 0.25) is 0 Å². The average molecular weight is 432 g/mol. The molecule has 0 aliphatic carbocycles. The highest BCUT2D eigenvalue weighted by Crippen LogP contribution is 2.22. The highest BCUT2D eigenvalue weighted by Gasteiger charge is 2.27. The molecule has 4 rings (SSSR count). The number of para-hydroxylation sites is 2. The molecular weight excluding hydrogens is 408 g/mol. The van der Waals surface area contributed by atoms with Crippen molar-refractivity contribution >= 4 is 40.1 Å². The van der Waals surface area contributed by atoms with E-state index in [-0.39, 0.29) is 36.3 Å². The van der Waals surface area contributed by atoms with Gasteiger partial charge >= 0.3 is 0 Å². The molecule has 0 spiro atoms. The Kier molecular flexibility index (Phi) is 6.02. The van der Waals surface area contributed by atoms with Crippen LogP contribution in [-0.4, -0.2) is 40.7 Å². The van der Waals surface area contributed by atoms with Gasteiger partial charge in [0.15, 0.2) is 5.78 Å². The fourth-order valence-corrected chi connectivity index (χ4v) is 3.91. The van der Waals surface area contributed by atoms with Crippen molar-refractivity contribution < 1.29 is 19.2 Å². The number of Topliss-reactive ketones (excluding diaryl/α,β-unsaturated/α-hetero) is 1. The molecule has 0 unspecified atom stereocenters. The molecule has 1 aliphatic heterocycles. The Morgan fingerprint density at radius 2 is 1.81 bits per heavy atom. The van der Waals surface area contributed by atoms with Crippen LogP contribution in [0.25, 0.3) is 10.9 Å². The molecule has 8 nitrogen and oxygen atoms in total. The molecule has 3 N–H and O–H groups in total. The number of anilines is 1. The summed E-state index contributed by atoms with van der Waals surface area (Å²) >= 11 is 0. The van der Waals surface area contributed by atoms with E-state index in [2.05, 4.69) is 16.0 Å². The van der Waals surface area contributed by atoms with Gasteiger partial charge < -0.3 is 20.5 Å². The second-order valence-electron chi connectivity index (χ2n) is 7.76. The minimum absolute atomic E-state index is 0.00476. The summed E-state index contributed by atoms with van der Waals surface area (Å²) in [7, 11) is 0. The Hall–Kier alpha value is -3.94. The predicted molar refractivity (Wildman–Crippen MR) is 121 cm³/mol. The average Bonchev–Trinajstić information content (AvgIpc) is 3.10. The summed E-state index contributed by atoms with van der Waals surface area (Å²) < 4.78 is 1.95. The van der Waals surface area contributed by atoms with Gasteiger partial charge in [0.05, 0.1) is 11.3 Å². The van der Waals surface area contributed by atoms with Crippen molar-refractivity contribution in [1.82, 2.24) is 15.2 Å². The summed E-state index contributed by atoms with van der Waals surface area (Å²) in [5.74, 6) is -0.899. The predicted octanol–water partition coefficient (Wildman–Crippen LogP) is 2.49. The number of carbonyl (C=O) groups is 4. The number of ketones is 1.